The van der Waals surface area contributed by atoms with Crippen LogP contribution in [0.3, 0.4) is 0 Å². The Morgan fingerprint density at radius 2 is 1.94 bits per heavy atom. The van der Waals surface area contributed by atoms with Crippen LogP contribution in [0.25, 0.3) is 0 Å². The topological polar surface area (TPSA) is 102 Å². The third-order valence-corrected chi connectivity index (χ3v) is 8.54. The fourth-order valence-corrected chi connectivity index (χ4v) is 6.48. The Labute approximate surface area is 196 Å². The van der Waals surface area contributed by atoms with Gasteiger partial charge in [0.15, 0.2) is 15.8 Å². The van der Waals surface area contributed by atoms with Crippen molar-refractivity contribution in [1.82, 2.24) is 10.2 Å². The van der Waals surface area contributed by atoms with Gasteiger partial charge in [0.05, 0.1) is 11.2 Å². The number of amides is 2. The first-order valence-corrected chi connectivity index (χ1v) is 12.8. The zero-order valence-corrected chi connectivity index (χ0v) is 19.4. The average molecular weight is 489 g/mol. The summed E-state index contributed by atoms with van der Waals surface area (Å²) < 4.78 is 11.2. The molecule has 1 saturated carbocycles. The van der Waals surface area contributed by atoms with Gasteiger partial charge >= 0.3 is 0 Å². The van der Waals surface area contributed by atoms with E-state index < -0.39 is 5.41 Å². The van der Waals surface area contributed by atoms with Crippen molar-refractivity contribution in [3.05, 3.63) is 40.6 Å². The highest BCUT2D eigenvalue weighted by atomic mass is 32.2. The number of thioether (sulfide) groups is 1. The molecule has 0 unspecified atom stereocenters. The molecule has 8 nitrogen and oxygen atoms in total. The van der Waals surface area contributed by atoms with E-state index in [2.05, 4.69) is 20.8 Å². The highest BCUT2D eigenvalue weighted by Crippen LogP contribution is 2.44. The van der Waals surface area contributed by atoms with Crippen molar-refractivity contribution >= 4 is 57.1 Å². The Bertz CT molecular complexity index is 1130. The van der Waals surface area contributed by atoms with Crippen LogP contribution in [0.1, 0.15) is 30.6 Å². The van der Waals surface area contributed by atoms with Crippen molar-refractivity contribution in [2.75, 3.05) is 23.2 Å². The standard InChI is InChI=1S/C21H20N4O4S3/c26-17(22-13-5-6-14-15(10-13)29-12-28-14)11-31-20-25-24-19(32-20)23-18(27)21(7-1-2-8-21)16-4-3-9-30-16/h3-6,9-10H,1-2,7-8,11-12H2,(H,22,26)(H,23,24,27). The average Bonchev–Trinajstić information content (AvgIpc) is 3.59. The van der Waals surface area contributed by atoms with Gasteiger partial charge in [-0.1, -0.05) is 42.0 Å². The summed E-state index contributed by atoms with van der Waals surface area (Å²) in [4.78, 5) is 26.5. The molecular weight excluding hydrogens is 468 g/mol. The van der Waals surface area contributed by atoms with Crippen LogP contribution in [0.5, 0.6) is 11.5 Å². The first-order chi connectivity index (χ1) is 15.6. The van der Waals surface area contributed by atoms with Gasteiger partial charge in [0.1, 0.15) is 0 Å². The molecular formula is C21H20N4O4S3. The lowest BCUT2D eigenvalue weighted by molar-refractivity contribution is -0.121. The molecule has 1 aliphatic heterocycles. The Kier molecular flexibility index (Phi) is 6.03. The van der Waals surface area contributed by atoms with Gasteiger partial charge < -0.3 is 14.8 Å². The number of nitrogens with one attached hydrogen (secondary N) is 2. The number of fused-ring (bicyclic) bond motifs is 1. The third kappa shape index (κ3) is 4.32. The van der Waals surface area contributed by atoms with Gasteiger partial charge in [-0.3, -0.25) is 14.9 Å². The van der Waals surface area contributed by atoms with Crippen molar-refractivity contribution in [2.24, 2.45) is 0 Å². The molecule has 2 aliphatic rings. The van der Waals surface area contributed by atoms with Gasteiger partial charge in [0, 0.05) is 16.6 Å². The SMILES string of the molecule is O=C(CSc1nnc(NC(=O)C2(c3cccs3)CCCC2)s1)Nc1ccc2c(c1)OCO2. The second kappa shape index (κ2) is 9.08. The summed E-state index contributed by atoms with van der Waals surface area (Å²) in [5, 5.41) is 16.5. The molecule has 11 heteroatoms. The zero-order valence-electron chi connectivity index (χ0n) is 17.0. The highest BCUT2D eigenvalue weighted by molar-refractivity contribution is 8.01. The minimum absolute atomic E-state index is 0.0225. The lowest BCUT2D eigenvalue weighted by Crippen LogP contribution is -2.37. The van der Waals surface area contributed by atoms with Gasteiger partial charge in [-0.2, -0.15) is 0 Å². The van der Waals surface area contributed by atoms with Gasteiger partial charge in [-0.25, -0.2) is 0 Å². The van der Waals surface area contributed by atoms with Crippen molar-refractivity contribution < 1.29 is 19.1 Å². The Morgan fingerprint density at radius 3 is 2.75 bits per heavy atom. The van der Waals surface area contributed by atoms with E-state index in [1.54, 1.807) is 29.5 Å². The maximum Gasteiger partial charge on any atom is 0.237 e. The zero-order chi connectivity index (χ0) is 22.0. The summed E-state index contributed by atoms with van der Waals surface area (Å²) in [7, 11) is 0. The maximum atomic E-state index is 13.1. The Balaban J connectivity index is 1.16. The van der Waals surface area contributed by atoms with Crippen molar-refractivity contribution in [2.45, 2.75) is 35.4 Å². The van der Waals surface area contributed by atoms with Crippen molar-refractivity contribution in [3.8, 4) is 11.5 Å². The highest BCUT2D eigenvalue weighted by Gasteiger charge is 2.43. The van der Waals surface area contributed by atoms with Gasteiger partial charge in [0.25, 0.3) is 0 Å². The molecule has 1 fully saturated rings. The summed E-state index contributed by atoms with van der Waals surface area (Å²) in [6.45, 7) is 0.187. The molecule has 0 saturated heterocycles. The number of thiophene rings is 1. The number of ether oxygens (including phenoxy) is 2. The summed E-state index contributed by atoms with van der Waals surface area (Å²) in [5.41, 5.74) is 0.165. The monoisotopic (exact) mass is 488 g/mol. The number of nitrogens with zero attached hydrogens (tertiary/aromatic N) is 2. The van der Waals surface area contributed by atoms with Crippen LogP contribution < -0.4 is 20.1 Å². The smallest absolute Gasteiger partial charge is 0.237 e. The largest absolute Gasteiger partial charge is 0.454 e. The second-order valence-corrected chi connectivity index (χ2v) is 10.6. The molecule has 0 radical (unpaired) electrons. The fourth-order valence-electron chi connectivity index (χ4n) is 3.95. The minimum atomic E-state index is -0.475. The quantitative estimate of drug-likeness (QED) is 0.373. The molecule has 1 aliphatic carbocycles. The lowest BCUT2D eigenvalue weighted by Gasteiger charge is -2.25. The van der Waals surface area contributed by atoms with E-state index in [1.165, 1.54) is 23.1 Å². The van der Waals surface area contributed by atoms with E-state index in [4.69, 9.17) is 9.47 Å². The van der Waals surface area contributed by atoms with Crippen LogP contribution in [0.2, 0.25) is 0 Å². The molecule has 5 rings (SSSR count). The summed E-state index contributed by atoms with van der Waals surface area (Å²) in [6.07, 6.45) is 3.78. The Morgan fingerprint density at radius 1 is 1.09 bits per heavy atom. The molecule has 32 heavy (non-hydrogen) atoms. The number of hydrogen-bond donors (Lipinski definition) is 2. The van der Waals surface area contributed by atoms with E-state index >= 15 is 0 Å². The summed E-state index contributed by atoms with van der Waals surface area (Å²) in [5.74, 6) is 1.26. The minimum Gasteiger partial charge on any atom is -0.454 e. The summed E-state index contributed by atoms with van der Waals surface area (Å²) in [6, 6.07) is 9.28. The third-order valence-electron chi connectivity index (χ3n) is 5.49. The van der Waals surface area contributed by atoms with Crippen molar-refractivity contribution in [1.29, 1.82) is 0 Å². The molecule has 3 aromatic rings. The maximum absolute atomic E-state index is 13.1. The van der Waals surface area contributed by atoms with Crippen LogP contribution in [-0.4, -0.2) is 34.6 Å². The van der Waals surface area contributed by atoms with Crippen LogP contribution in [0.4, 0.5) is 10.8 Å². The lowest BCUT2D eigenvalue weighted by atomic mass is 9.83. The molecule has 2 amide bonds. The normalized spacial score (nSPS) is 16.1. The van der Waals surface area contributed by atoms with E-state index in [1.807, 2.05) is 17.5 Å². The van der Waals surface area contributed by atoms with Crippen LogP contribution in [0.15, 0.2) is 40.1 Å². The number of rotatable bonds is 7. The van der Waals surface area contributed by atoms with Gasteiger partial charge in [-0.05, 0) is 36.4 Å². The number of benzene rings is 1. The van der Waals surface area contributed by atoms with E-state index in [0.29, 0.717) is 26.7 Å². The number of hydrogen-bond acceptors (Lipinski definition) is 9. The second-order valence-electron chi connectivity index (χ2n) is 7.50. The number of carbonyl (C=O) groups excluding carboxylic acids is 2. The first-order valence-electron chi connectivity index (χ1n) is 10.1. The predicted octanol–water partition coefficient (Wildman–Crippen LogP) is 4.51. The van der Waals surface area contributed by atoms with Gasteiger partial charge in [0.2, 0.25) is 23.7 Å². The molecule has 0 bridgehead atoms. The van der Waals surface area contributed by atoms with E-state index in [-0.39, 0.29) is 24.4 Å². The predicted molar refractivity (Wildman–Crippen MR) is 125 cm³/mol. The Hall–Kier alpha value is -2.63. The molecule has 0 spiro atoms. The number of anilines is 2. The molecule has 2 N–H and O–H groups in total. The van der Waals surface area contributed by atoms with E-state index in [0.717, 1.165) is 30.6 Å². The number of carbonyl (C=O) groups is 2. The summed E-state index contributed by atoms with van der Waals surface area (Å²) >= 11 is 4.18. The van der Waals surface area contributed by atoms with E-state index in [9.17, 15) is 9.59 Å². The molecule has 2 aromatic heterocycles. The van der Waals surface area contributed by atoms with Gasteiger partial charge in [-0.15, -0.1) is 21.5 Å². The van der Waals surface area contributed by atoms with Crippen LogP contribution in [0, 0.1) is 0 Å². The van der Waals surface area contributed by atoms with Crippen molar-refractivity contribution in [3.63, 3.8) is 0 Å². The molecule has 3 heterocycles. The fraction of sp³-hybridized carbons (Fsp3) is 0.333. The molecule has 0 atom stereocenters. The molecule has 1 aromatic carbocycles. The van der Waals surface area contributed by atoms with Crippen LogP contribution >= 0.6 is 34.4 Å². The first kappa shape index (κ1) is 21.2. The molecule has 166 valence electrons. The number of aromatic nitrogens is 2. The van der Waals surface area contributed by atoms with Crippen LogP contribution in [-0.2, 0) is 15.0 Å².